The lowest BCUT2D eigenvalue weighted by atomic mass is 9.68. The number of amides is 1. The highest BCUT2D eigenvalue weighted by Crippen LogP contribution is 2.43. The Labute approximate surface area is 374 Å². The number of Topliss-reactive ketones (excluding diaryl/α,β-unsaturated/α-hetero) is 1. The molecule has 350 valence electrons. The first-order chi connectivity index (χ1) is 29.5. The molecule has 1 amide bonds. The maximum Gasteiger partial charge on any atom is 0.351 e. The van der Waals surface area contributed by atoms with E-state index in [4.69, 9.17) is 29.5 Å². The number of aromatic nitrogens is 2. The first kappa shape index (κ1) is 50.2. The average molecular weight is 903 g/mol. The van der Waals surface area contributed by atoms with Gasteiger partial charge >= 0.3 is 5.97 Å². The Bertz CT molecular complexity index is 1980. The third kappa shape index (κ3) is 11.4. The van der Waals surface area contributed by atoms with Crippen molar-refractivity contribution < 1.29 is 52.8 Å². The van der Waals surface area contributed by atoms with Gasteiger partial charge in [0.15, 0.2) is 18.7 Å². The second-order valence-electron chi connectivity index (χ2n) is 18.3. The summed E-state index contributed by atoms with van der Waals surface area (Å²) in [6.45, 7) is 14.3. The van der Waals surface area contributed by atoms with Gasteiger partial charge in [-0.25, -0.2) is 19.2 Å². The number of ketones is 1. The molecule has 3 aliphatic heterocycles. The maximum atomic E-state index is 17.0. The molecule has 3 saturated heterocycles. The fourth-order valence-electron chi connectivity index (χ4n) is 9.42. The molecule has 3 fully saturated rings. The number of nitrogens with zero attached hydrogens (tertiary/aromatic N) is 5. The zero-order chi connectivity index (χ0) is 46.6. The highest BCUT2D eigenvalue weighted by molar-refractivity contribution is 7.13. The normalized spacial score (nSPS) is 37.6. The topological polar surface area (TPSA) is 218 Å². The molecule has 5 heterocycles. The van der Waals surface area contributed by atoms with E-state index in [1.54, 1.807) is 38.4 Å². The number of aliphatic hydroxyl groups excluding tert-OH is 1. The Morgan fingerprint density at radius 1 is 1.13 bits per heavy atom. The summed E-state index contributed by atoms with van der Waals surface area (Å²) in [6, 6.07) is 3.26. The van der Waals surface area contributed by atoms with Crippen LogP contribution in [0.5, 0.6) is 0 Å². The molecule has 0 spiro atoms. The number of carbonyl (C=O) groups excluding carboxylic acids is 3. The molecule has 0 radical (unpaired) electrons. The van der Waals surface area contributed by atoms with Crippen LogP contribution in [0.3, 0.4) is 0 Å². The van der Waals surface area contributed by atoms with Crippen molar-refractivity contribution in [2.75, 3.05) is 26.4 Å². The van der Waals surface area contributed by atoms with Crippen LogP contribution in [0.2, 0.25) is 0 Å². The summed E-state index contributed by atoms with van der Waals surface area (Å²) < 4.78 is 42.6. The number of aliphatic hydroxyl groups is 2. The number of rotatable bonds is 9. The molecular formula is C45H67FN6O10S. The van der Waals surface area contributed by atoms with Gasteiger partial charge in [-0.1, -0.05) is 39.8 Å². The Kier molecular flexibility index (Phi) is 16.4. The average Bonchev–Trinajstić information content (AvgIpc) is 3.67. The molecule has 0 unspecified atom stereocenters. The van der Waals surface area contributed by atoms with E-state index in [1.807, 2.05) is 45.8 Å². The number of aliphatic imine (C=N–C) groups is 1. The molecule has 0 aromatic carbocycles. The van der Waals surface area contributed by atoms with Gasteiger partial charge in [0.1, 0.15) is 28.6 Å². The third-order valence-corrected chi connectivity index (χ3v) is 14.0. The predicted octanol–water partition coefficient (Wildman–Crippen LogP) is 5.72. The van der Waals surface area contributed by atoms with Crippen LogP contribution < -0.4 is 5.73 Å². The number of nitrogens with two attached hydrogens (primary N) is 1. The van der Waals surface area contributed by atoms with Crippen molar-refractivity contribution in [2.24, 2.45) is 33.8 Å². The zero-order valence-electron chi connectivity index (χ0n) is 38.5. The Morgan fingerprint density at radius 2 is 1.84 bits per heavy atom. The van der Waals surface area contributed by atoms with Gasteiger partial charge in [-0.2, -0.15) is 0 Å². The molecular weight excluding hydrogens is 836 g/mol. The van der Waals surface area contributed by atoms with Crippen LogP contribution in [0, 0.1) is 23.7 Å². The summed E-state index contributed by atoms with van der Waals surface area (Å²) in [6.07, 6.45) is -2.71. The van der Waals surface area contributed by atoms with Crippen molar-refractivity contribution in [1.82, 2.24) is 14.9 Å². The fraction of sp³-hybridized carbons (Fsp3) is 0.711. The molecule has 2 bridgehead atoms. The van der Waals surface area contributed by atoms with E-state index in [9.17, 15) is 24.6 Å². The van der Waals surface area contributed by atoms with Gasteiger partial charge in [-0.05, 0) is 97.9 Å². The van der Waals surface area contributed by atoms with E-state index in [2.05, 4.69) is 20.1 Å². The Balaban J connectivity index is 1.66. The minimum Gasteiger partial charge on any atom is -0.457 e. The predicted molar refractivity (Wildman–Crippen MR) is 237 cm³/mol. The SMILES string of the molecule is CCC(=O)N=C1[C@H](C)C[C@@]2(C)OC/C(=N/OCc3ccc(-c4nc(N)cs4)cn3)CC[C@H]([C@H]1C)[C@](C)(O)[C@@H](CC)OC(=O)[C@@](C)(F)C(=O)[C@H](C)[C@H]2O[C@@H]1O[C@H](C)C[C@H](N(C)C)[C@H]1O. The number of pyridine rings is 1. The van der Waals surface area contributed by atoms with Crippen molar-refractivity contribution in [3.05, 3.63) is 29.4 Å². The molecule has 0 aliphatic carbocycles. The van der Waals surface area contributed by atoms with Crippen LogP contribution in [0.1, 0.15) is 107 Å². The number of esters is 1. The summed E-state index contributed by atoms with van der Waals surface area (Å²) in [7, 11) is 3.66. The monoisotopic (exact) mass is 902 g/mol. The van der Waals surface area contributed by atoms with Gasteiger partial charge in [0.2, 0.25) is 5.91 Å². The number of fused-ring (bicyclic) bond motifs is 5. The first-order valence-corrected chi connectivity index (χ1v) is 22.8. The van der Waals surface area contributed by atoms with E-state index in [0.717, 1.165) is 17.5 Å². The van der Waals surface area contributed by atoms with Gasteiger partial charge in [0.25, 0.3) is 5.67 Å². The second-order valence-corrected chi connectivity index (χ2v) is 19.1. The van der Waals surface area contributed by atoms with Crippen LogP contribution in [0.15, 0.2) is 33.9 Å². The van der Waals surface area contributed by atoms with Crippen LogP contribution >= 0.6 is 11.3 Å². The number of likely N-dealkylation sites (N-methyl/N-ethyl adjacent to an activating group) is 1. The maximum absolute atomic E-state index is 17.0. The number of ether oxygens (including phenoxy) is 4. The van der Waals surface area contributed by atoms with Gasteiger partial charge in [-0.3, -0.25) is 14.6 Å². The van der Waals surface area contributed by atoms with E-state index in [1.165, 1.54) is 25.2 Å². The third-order valence-electron chi connectivity index (χ3n) is 13.1. The Hall–Kier alpha value is -3.78. The molecule has 3 aliphatic rings. The van der Waals surface area contributed by atoms with E-state index in [-0.39, 0.29) is 57.3 Å². The summed E-state index contributed by atoms with van der Waals surface area (Å²) in [5.41, 5.74) is 1.52. The molecule has 2 aromatic rings. The second kappa shape index (κ2) is 20.6. The molecule has 0 saturated carbocycles. The number of oxime groups is 1. The lowest BCUT2D eigenvalue weighted by molar-refractivity contribution is -0.296. The lowest BCUT2D eigenvalue weighted by Gasteiger charge is -2.48. The van der Waals surface area contributed by atoms with Gasteiger partial charge in [0.05, 0.1) is 35.8 Å². The molecule has 18 heteroatoms. The largest absolute Gasteiger partial charge is 0.457 e. The number of alkyl halides is 1. The van der Waals surface area contributed by atoms with Crippen LogP contribution in [0.25, 0.3) is 10.6 Å². The molecule has 63 heavy (non-hydrogen) atoms. The standard InChI is InChI=1S/C45H67FN6O10S/c1-12-33-45(9,57)31-17-16-30(51-59-22-29-15-14-28(20-48-29)40-49-34(47)23-63-40)21-58-43(7,19-24(3)36(26(31)5)50-35(53)13-2)39(27(6)38(55)44(8,46)42(56)61-33)62-41-37(54)32(52(10)11)18-25(4)60-41/h14-15,20,23-27,31-33,37,39,41,54,57H,12-13,16-19,21-22,47H2,1-11H3/b50-36?,51-30+/t24-,25-,26-,27+,31-,32+,33-,37-,39-,41+,43-,44+,45+/m1/s1. The first-order valence-electron chi connectivity index (χ1n) is 21.9. The fourth-order valence-corrected chi connectivity index (χ4v) is 10.1. The van der Waals surface area contributed by atoms with E-state index >= 15 is 4.39 Å². The summed E-state index contributed by atoms with van der Waals surface area (Å²) >= 11 is 1.41. The summed E-state index contributed by atoms with van der Waals surface area (Å²) in [4.78, 5) is 62.9. The Morgan fingerprint density at radius 3 is 2.44 bits per heavy atom. The van der Waals surface area contributed by atoms with Crippen molar-refractivity contribution >= 4 is 46.2 Å². The minimum atomic E-state index is -3.19. The molecule has 13 atom stereocenters. The smallest absolute Gasteiger partial charge is 0.351 e. The van der Waals surface area contributed by atoms with Crippen molar-refractivity contribution in [2.45, 2.75) is 161 Å². The highest BCUT2D eigenvalue weighted by Gasteiger charge is 2.56. The van der Waals surface area contributed by atoms with Crippen LogP contribution in [0.4, 0.5) is 10.2 Å². The van der Waals surface area contributed by atoms with Gasteiger partial charge in [0, 0.05) is 47.2 Å². The van der Waals surface area contributed by atoms with Gasteiger partial charge in [-0.15, -0.1) is 11.3 Å². The quantitative estimate of drug-likeness (QED) is 0.156. The number of nitrogen functional groups attached to an aromatic ring is 1. The van der Waals surface area contributed by atoms with Crippen LogP contribution in [-0.2, 0) is 44.8 Å². The summed E-state index contributed by atoms with van der Waals surface area (Å²) in [5.74, 6) is -5.90. The molecule has 16 nitrogen and oxygen atoms in total. The lowest BCUT2D eigenvalue weighted by Crippen LogP contribution is -2.61. The minimum absolute atomic E-state index is 0.00603. The number of thiazole rings is 1. The highest BCUT2D eigenvalue weighted by atomic mass is 32.1. The van der Waals surface area contributed by atoms with Crippen LogP contribution in [-0.4, -0.2) is 128 Å². The van der Waals surface area contributed by atoms with Crippen molar-refractivity contribution in [3.8, 4) is 10.6 Å². The zero-order valence-corrected chi connectivity index (χ0v) is 39.3. The van der Waals surface area contributed by atoms with Gasteiger partial charge < -0.3 is 44.6 Å². The number of hydrogen-bond acceptors (Lipinski definition) is 16. The van der Waals surface area contributed by atoms with E-state index < -0.39 is 82.9 Å². The number of anilines is 1. The number of halogens is 1. The molecule has 4 N–H and O–H groups in total. The van der Waals surface area contributed by atoms with Crippen molar-refractivity contribution in [1.29, 1.82) is 0 Å². The number of carbonyl (C=O) groups is 3. The molecule has 5 rings (SSSR count). The number of hydrogen-bond donors (Lipinski definition) is 3. The molecule has 2 aromatic heterocycles. The summed E-state index contributed by atoms with van der Waals surface area (Å²) in [5, 5.41) is 31.3. The van der Waals surface area contributed by atoms with Crippen molar-refractivity contribution in [3.63, 3.8) is 0 Å². The number of cyclic esters (lactones) is 1. The van der Waals surface area contributed by atoms with E-state index in [0.29, 0.717) is 29.4 Å².